The third kappa shape index (κ3) is 3.11. The number of sulfonamides is 1. The minimum absolute atomic E-state index is 0.0454. The zero-order valence-electron chi connectivity index (χ0n) is 12.0. The van der Waals surface area contributed by atoms with Crippen LogP contribution in [-0.2, 0) is 10.0 Å². The van der Waals surface area contributed by atoms with Crippen molar-refractivity contribution in [1.82, 2.24) is 9.62 Å². The van der Waals surface area contributed by atoms with Gasteiger partial charge in [0.15, 0.2) is 0 Å². The Labute approximate surface area is 133 Å². The summed E-state index contributed by atoms with van der Waals surface area (Å²) in [6.07, 6.45) is 1.77. The summed E-state index contributed by atoms with van der Waals surface area (Å²) < 4.78 is 28.8. The lowest BCUT2D eigenvalue weighted by Gasteiger charge is -2.38. The molecule has 0 aromatic carbocycles. The van der Waals surface area contributed by atoms with E-state index >= 15 is 0 Å². The second kappa shape index (κ2) is 6.44. The zero-order chi connectivity index (χ0) is 14.9. The van der Waals surface area contributed by atoms with E-state index in [0.717, 1.165) is 28.7 Å². The molecular weight excluding hydrogens is 360 g/mol. The Balaban J connectivity index is 2.34. The highest BCUT2D eigenvalue weighted by atomic mass is 79.9. The SMILES string of the molecule is CCC1CN(S(=O)(=O)c2cc(C)c(Br)s2)C(CC)CN1. The average molecular weight is 381 g/mol. The maximum absolute atomic E-state index is 12.9. The average Bonchev–Trinajstić information content (AvgIpc) is 2.78. The molecular formula is C13H21BrN2O2S2. The van der Waals surface area contributed by atoms with Gasteiger partial charge < -0.3 is 5.32 Å². The normalized spacial score (nSPS) is 25.0. The number of rotatable bonds is 4. The van der Waals surface area contributed by atoms with Crippen LogP contribution in [0.15, 0.2) is 14.1 Å². The second-order valence-electron chi connectivity index (χ2n) is 5.17. The fraction of sp³-hybridized carbons (Fsp3) is 0.692. The molecule has 114 valence electrons. The zero-order valence-corrected chi connectivity index (χ0v) is 15.2. The van der Waals surface area contributed by atoms with E-state index in [1.54, 1.807) is 10.4 Å². The molecule has 20 heavy (non-hydrogen) atoms. The summed E-state index contributed by atoms with van der Waals surface area (Å²) in [5.74, 6) is 0. The molecule has 1 fully saturated rings. The Bertz CT molecular complexity index is 551. The van der Waals surface area contributed by atoms with E-state index in [9.17, 15) is 8.42 Å². The summed E-state index contributed by atoms with van der Waals surface area (Å²) in [6.45, 7) is 7.34. The summed E-state index contributed by atoms with van der Waals surface area (Å²) in [4.78, 5) is 0. The molecule has 0 aliphatic carbocycles. The number of halogens is 1. The van der Waals surface area contributed by atoms with Crippen LogP contribution in [0.2, 0.25) is 0 Å². The standard InChI is InChI=1S/C13H21BrN2O2S2/c1-4-10-8-16(11(5-2)7-15-10)20(17,18)12-6-9(3)13(14)19-12/h6,10-11,15H,4-5,7-8H2,1-3H3. The number of hydrogen-bond donors (Lipinski definition) is 1. The molecule has 7 heteroatoms. The lowest BCUT2D eigenvalue weighted by molar-refractivity contribution is 0.216. The molecule has 2 heterocycles. The number of hydrogen-bond acceptors (Lipinski definition) is 4. The Morgan fingerprint density at radius 2 is 2.15 bits per heavy atom. The highest BCUT2D eigenvalue weighted by molar-refractivity contribution is 9.11. The molecule has 2 rings (SSSR count). The van der Waals surface area contributed by atoms with Crippen LogP contribution in [0.3, 0.4) is 0 Å². The van der Waals surface area contributed by atoms with Gasteiger partial charge in [-0.2, -0.15) is 4.31 Å². The van der Waals surface area contributed by atoms with Crippen LogP contribution >= 0.6 is 27.3 Å². The minimum atomic E-state index is -3.39. The molecule has 2 atom stereocenters. The van der Waals surface area contributed by atoms with Gasteiger partial charge in [0.25, 0.3) is 10.0 Å². The van der Waals surface area contributed by atoms with Crippen molar-refractivity contribution in [1.29, 1.82) is 0 Å². The molecule has 1 aliphatic rings. The first kappa shape index (κ1) is 16.4. The van der Waals surface area contributed by atoms with Crippen molar-refractivity contribution < 1.29 is 8.42 Å². The molecule has 1 N–H and O–H groups in total. The quantitative estimate of drug-likeness (QED) is 0.873. The van der Waals surface area contributed by atoms with Gasteiger partial charge in [-0.3, -0.25) is 0 Å². The Morgan fingerprint density at radius 3 is 2.65 bits per heavy atom. The molecule has 4 nitrogen and oxygen atoms in total. The Hall–Kier alpha value is 0.0500. The lowest BCUT2D eigenvalue weighted by atomic mass is 10.1. The summed E-state index contributed by atoms with van der Waals surface area (Å²) in [6, 6.07) is 2.06. The van der Waals surface area contributed by atoms with Crippen LogP contribution in [-0.4, -0.2) is 37.9 Å². The van der Waals surface area contributed by atoms with Gasteiger partial charge in [0.2, 0.25) is 0 Å². The molecule has 1 aromatic heterocycles. The van der Waals surface area contributed by atoms with Gasteiger partial charge in [0.1, 0.15) is 4.21 Å². The Kier molecular flexibility index (Phi) is 5.29. The number of nitrogens with zero attached hydrogens (tertiary/aromatic N) is 1. The molecule has 1 aromatic rings. The van der Waals surface area contributed by atoms with Gasteiger partial charge in [-0.1, -0.05) is 13.8 Å². The molecule has 0 bridgehead atoms. The monoisotopic (exact) mass is 380 g/mol. The van der Waals surface area contributed by atoms with Crippen molar-refractivity contribution in [2.75, 3.05) is 13.1 Å². The van der Waals surface area contributed by atoms with Gasteiger partial charge in [-0.25, -0.2) is 8.42 Å². The van der Waals surface area contributed by atoms with E-state index in [1.807, 2.05) is 13.8 Å². The largest absolute Gasteiger partial charge is 0.311 e. The summed E-state index contributed by atoms with van der Waals surface area (Å²) in [5, 5.41) is 3.43. The molecule has 0 spiro atoms. The first-order valence-corrected chi connectivity index (χ1v) is 9.96. The van der Waals surface area contributed by atoms with Crippen molar-refractivity contribution in [2.45, 2.75) is 49.9 Å². The third-order valence-corrected chi connectivity index (χ3v) is 8.32. The summed E-state index contributed by atoms with van der Waals surface area (Å²) >= 11 is 4.72. The highest BCUT2D eigenvalue weighted by Gasteiger charge is 2.36. The highest BCUT2D eigenvalue weighted by Crippen LogP contribution is 2.33. The minimum Gasteiger partial charge on any atom is -0.311 e. The number of aryl methyl sites for hydroxylation is 1. The predicted octanol–water partition coefficient (Wildman–Crippen LogP) is 2.97. The van der Waals surface area contributed by atoms with Crippen LogP contribution in [0.25, 0.3) is 0 Å². The van der Waals surface area contributed by atoms with Crippen LogP contribution in [0.5, 0.6) is 0 Å². The van der Waals surface area contributed by atoms with Gasteiger partial charge in [-0.05, 0) is 47.3 Å². The maximum Gasteiger partial charge on any atom is 0.252 e. The first-order valence-electron chi connectivity index (χ1n) is 6.91. The van der Waals surface area contributed by atoms with Crippen molar-refractivity contribution in [3.63, 3.8) is 0 Å². The van der Waals surface area contributed by atoms with Gasteiger partial charge in [0.05, 0.1) is 3.79 Å². The smallest absolute Gasteiger partial charge is 0.252 e. The molecule has 0 amide bonds. The fourth-order valence-electron chi connectivity index (χ4n) is 2.43. The fourth-order valence-corrected chi connectivity index (χ4v) is 6.52. The van der Waals surface area contributed by atoms with E-state index in [-0.39, 0.29) is 12.1 Å². The number of piperazine rings is 1. The van der Waals surface area contributed by atoms with E-state index in [2.05, 4.69) is 28.2 Å². The third-order valence-electron chi connectivity index (χ3n) is 3.81. The predicted molar refractivity (Wildman–Crippen MR) is 86.8 cm³/mol. The topological polar surface area (TPSA) is 49.4 Å². The van der Waals surface area contributed by atoms with Crippen molar-refractivity contribution in [2.24, 2.45) is 0 Å². The molecule has 1 aliphatic heterocycles. The molecule has 0 radical (unpaired) electrons. The van der Waals surface area contributed by atoms with Gasteiger partial charge in [-0.15, -0.1) is 11.3 Å². The van der Waals surface area contributed by atoms with Crippen molar-refractivity contribution >= 4 is 37.3 Å². The van der Waals surface area contributed by atoms with Gasteiger partial charge in [0, 0.05) is 25.2 Å². The van der Waals surface area contributed by atoms with Crippen molar-refractivity contribution in [3.8, 4) is 0 Å². The van der Waals surface area contributed by atoms with Crippen molar-refractivity contribution in [3.05, 3.63) is 15.4 Å². The van der Waals surface area contributed by atoms with Crippen LogP contribution in [0, 0.1) is 6.92 Å². The van der Waals surface area contributed by atoms with E-state index in [4.69, 9.17) is 0 Å². The molecule has 0 saturated carbocycles. The first-order chi connectivity index (χ1) is 9.40. The summed E-state index contributed by atoms with van der Waals surface area (Å²) in [7, 11) is -3.39. The number of thiophene rings is 1. The number of nitrogens with one attached hydrogen (secondary N) is 1. The van der Waals surface area contributed by atoms with Crippen LogP contribution in [0.1, 0.15) is 32.3 Å². The van der Waals surface area contributed by atoms with E-state index < -0.39 is 10.0 Å². The second-order valence-corrected chi connectivity index (χ2v) is 9.66. The molecule has 1 saturated heterocycles. The van der Waals surface area contributed by atoms with Gasteiger partial charge >= 0.3 is 0 Å². The van der Waals surface area contributed by atoms with E-state index in [0.29, 0.717) is 10.8 Å². The van der Waals surface area contributed by atoms with E-state index in [1.165, 1.54) is 11.3 Å². The molecule has 2 unspecified atom stereocenters. The summed E-state index contributed by atoms with van der Waals surface area (Å²) in [5.41, 5.74) is 0.976. The maximum atomic E-state index is 12.9. The Morgan fingerprint density at radius 1 is 1.45 bits per heavy atom. The van der Waals surface area contributed by atoms with Crippen LogP contribution in [0.4, 0.5) is 0 Å². The van der Waals surface area contributed by atoms with Crippen LogP contribution < -0.4 is 5.32 Å². The lowest BCUT2D eigenvalue weighted by Crippen LogP contribution is -2.57.